The lowest BCUT2D eigenvalue weighted by Gasteiger charge is -2.36. The number of hydrogen-bond acceptors (Lipinski definition) is 4. The van der Waals surface area contributed by atoms with Gasteiger partial charge in [-0.05, 0) is 31.5 Å². The first-order valence-electron chi connectivity index (χ1n) is 6.30. The van der Waals surface area contributed by atoms with E-state index < -0.39 is 11.4 Å². The van der Waals surface area contributed by atoms with Gasteiger partial charge in [0.05, 0.1) is 18.6 Å². The van der Waals surface area contributed by atoms with E-state index in [-0.39, 0.29) is 24.9 Å². The second kappa shape index (κ2) is 5.05. The van der Waals surface area contributed by atoms with Crippen molar-refractivity contribution in [2.24, 2.45) is 5.73 Å². The van der Waals surface area contributed by atoms with Crippen molar-refractivity contribution in [1.29, 1.82) is 0 Å². The molecular weight excluding hydrogens is 258 g/mol. The minimum absolute atomic E-state index is 0.137. The Bertz CT molecular complexity index is 564. The van der Waals surface area contributed by atoms with Gasteiger partial charge in [0.25, 0.3) is 0 Å². The molecule has 0 saturated carbocycles. The van der Waals surface area contributed by atoms with Crippen molar-refractivity contribution in [2.45, 2.75) is 25.9 Å². The molecule has 3 N–H and O–H groups in total. The molecule has 1 heterocycles. The number of benzene rings is 1. The van der Waals surface area contributed by atoms with Crippen LogP contribution < -0.4 is 11.1 Å². The van der Waals surface area contributed by atoms with Crippen LogP contribution in [0.2, 0.25) is 0 Å². The number of carbonyl (C=O) groups excluding carboxylic acids is 3. The number of imide groups is 1. The lowest BCUT2D eigenvalue weighted by Crippen LogP contribution is -2.63. The number of nitrogens with two attached hydrogens (primary N) is 1. The van der Waals surface area contributed by atoms with Gasteiger partial charge in [-0.3, -0.25) is 24.6 Å². The quantitative estimate of drug-likeness (QED) is 0.761. The van der Waals surface area contributed by atoms with Crippen LogP contribution in [0.1, 0.15) is 29.8 Å². The molecule has 1 saturated heterocycles. The van der Waals surface area contributed by atoms with Gasteiger partial charge in [-0.15, -0.1) is 0 Å². The predicted molar refractivity (Wildman–Crippen MR) is 72.6 cm³/mol. The highest BCUT2D eigenvalue weighted by atomic mass is 16.2. The molecule has 0 radical (unpaired) electrons. The molecule has 0 spiro atoms. The summed E-state index contributed by atoms with van der Waals surface area (Å²) in [7, 11) is 0. The van der Waals surface area contributed by atoms with E-state index in [4.69, 9.17) is 5.73 Å². The third-order valence-electron chi connectivity index (χ3n) is 3.34. The van der Waals surface area contributed by atoms with Crippen LogP contribution in [0.15, 0.2) is 24.3 Å². The molecule has 0 aromatic heterocycles. The van der Waals surface area contributed by atoms with E-state index in [1.54, 1.807) is 38.1 Å². The SMILES string of the molecule is CC1(C)NCC(=O)N(Cc2ccc(C(N)=O)cc2)C1=O. The van der Waals surface area contributed by atoms with Gasteiger partial charge in [0.1, 0.15) is 0 Å². The molecular formula is C14H17N3O3. The summed E-state index contributed by atoms with van der Waals surface area (Å²) < 4.78 is 0. The number of amides is 3. The second-order valence-corrected chi connectivity index (χ2v) is 5.32. The molecule has 0 unspecified atom stereocenters. The lowest BCUT2D eigenvalue weighted by atomic mass is 10.00. The van der Waals surface area contributed by atoms with Crippen molar-refractivity contribution >= 4 is 17.7 Å². The van der Waals surface area contributed by atoms with Crippen molar-refractivity contribution in [2.75, 3.05) is 6.54 Å². The minimum Gasteiger partial charge on any atom is -0.366 e. The van der Waals surface area contributed by atoms with E-state index in [0.717, 1.165) is 5.56 Å². The zero-order valence-corrected chi connectivity index (χ0v) is 11.5. The van der Waals surface area contributed by atoms with E-state index in [1.807, 2.05) is 0 Å². The van der Waals surface area contributed by atoms with Crippen molar-refractivity contribution in [1.82, 2.24) is 10.2 Å². The third kappa shape index (κ3) is 2.70. The number of rotatable bonds is 3. The molecule has 106 valence electrons. The van der Waals surface area contributed by atoms with Crippen LogP contribution in [-0.4, -0.2) is 34.7 Å². The first kappa shape index (κ1) is 14.2. The van der Waals surface area contributed by atoms with Gasteiger partial charge in [-0.1, -0.05) is 12.1 Å². The maximum absolute atomic E-state index is 12.2. The summed E-state index contributed by atoms with van der Waals surface area (Å²) >= 11 is 0. The van der Waals surface area contributed by atoms with Crippen molar-refractivity contribution in [3.63, 3.8) is 0 Å². The molecule has 6 nitrogen and oxygen atoms in total. The molecule has 1 aromatic carbocycles. The van der Waals surface area contributed by atoms with Crippen molar-refractivity contribution in [3.05, 3.63) is 35.4 Å². The second-order valence-electron chi connectivity index (χ2n) is 5.32. The number of piperazine rings is 1. The average molecular weight is 275 g/mol. The molecule has 1 aliphatic heterocycles. The van der Waals surface area contributed by atoms with E-state index in [2.05, 4.69) is 5.32 Å². The summed E-state index contributed by atoms with van der Waals surface area (Å²) in [4.78, 5) is 36.3. The largest absolute Gasteiger partial charge is 0.366 e. The van der Waals surface area contributed by atoms with E-state index in [1.165, 1.54) is 4.90 Å². The molecule has 0 atom stereocenters. The highest BCUT2D eigenvalue weighted by Crippen LogP contribution is 2.16. The van der Waals surface area contributed by atoms with Gasteiger partial charge >= 0.3 is 0 Å². The molecule has 1 fully saturated rings. The van der Waals surface area contributed by atoms with E-state index in [0.29, 0.717) is 5.56 Å². The zero-order valence-electron chi connectivity index (χ0n) is 11.5. The Kier molecular flexibility index (Phi) is 3.59. The van der Waals surface area contributed by atoms with Gasteiger partial charge in [-0.2, -0.15) is 0 Å². The van der Waals surface area contributed by atoms with Gasteiger partial charge in [0.2, 0.25) is 17.7 Å². The zero-order chi connectivity index (χ0) is 14.9. The Labute approximate surface area is 116 Å². The third-order valence-corrected chi connectivity index (χ3v) is 3.34. The molecule has 1 aromatic rings. The van der Waals surface area contributed by atoms with Crippen LogP contribution in [0.5, 0.6) is 0 Å². The average Bonchev–Trinajstić information content (AvgIpc) is 2.40. The summed E-state index contributed by atoms with van der Waals surface area (Å²) in [5.41, 5.74) is 5.58. The summed E-state index contributed by atoms with van der Waals surface area (Å²) in [6.45, 7) is 3.82. The van der Waals surface area contributed by atoms with Gasteiger partial charge in [0.15, 0.2) is 0 Å². The van der Waals surface area contributed by atoms with Crippen LogP contribution in [0.25, 0.3) is 0 Å². The topological polar surface area (TPSA) is 92.5 Å². The predicted octanol–water partition coefficient (Wildman–Crippen LogP) is 0.0225. The number of primary amides is 1. The molecule has 1 aliphatic rings. The minimum atomic E-state index is -0.749. The highest BCUT2D eigenvalue weighted by molar-refractivity contribution is 6.03. The van der Waals surface area contributed by atoms with Gasteiger partial charge < -0.3 is 5.73 Å². The summed E-state index contributed by atoms with van der Waals surface area (Å²) in [6.07, 6.45) is 0. The van der Waals surface area contributed by atoms with Crippen LogP contribution in [0.3, 0.4) is 0 Å². The van der Waals surface area contributed by atoms with Crippen LogP contribution in [0.4, 0.5) is 0 Å². The van der Waals surface area contributed by atoms with E-state index in [9.17, 15) is 14.4 Å². The van der Waals surface area contributed by atoms with Crippen LogP contribution >= 0.6 is 0 Å². The molecule has 0 aliphatic carbocycles. The highest BCUT2D eigenvalue weighted by Gasteiger charge is 2.39. The van der Waals surface area contributed by atoms with Crippen LogP contribution in [-0.2, 0) is 16.1 Å². The number of hydrogen-bond donors (Lipinski definition) is 2. The fraction of sp³-hybridized carbons (Fsp3) is 0.357. The molecule has 6 heteroatoms. The summed E-state index contributed by atoms with van der Waals surface area (Å²) in [5.74, 6) is -1.02. The Morgan fingerprint density at radius 3 is 2.45 bits per heavy atom. The lowest BCUT2D eigenvalue weighted by molar-refractivity contribution is -0.153. The number of carbonyl (C=O) groups is 3. The Morgan fingerprint density at radius 2 is 1.90 bits per heavy atom. The van der Waals surface area contributed by atoms with Crippen molar-refractivity contribution < 1.29 is 14.4 Å². The maximum Gasteiger partial charge on any atom is 0.249 e. The molecule has 3 amide bonds. The summed E-state index contributed by atoms with van der Waals surface area (Å²) in [5, 5.41) is 2.90. The maximum atomic E-state index is 12.2. The Hall–Kier alpha value is -2.21. The van der Waals surface area contributed by atoms with Crippen LogP contribution in [0, 0.1) is 0 Å². The fourth-order valence-electron chi connectivity index (χ4n) is 2.04. The number of nitrogens with zero attached hydrogens (tertiary/aromatic N) is 1. The molecule has 20 heavy (non-hydrogen) atoms. The van der Waals surface area contributed by atoms with Gasteiger partial charge in [-0.25, -0.2) is 0 Å². The molecule has 0 bridgehead atoms. The first-order chi connectivity index (χ1) is 9.31. The van der Waals surface area contributed by atoms with Crippen molar-refractivity contribution in [3.8, 4) is 0 Å². The standard InChI is InChI=1S/C14H17N3O3/c1-14(2)13(20)17(11(18)7-16-14)8-9-3-5-10(6-4-9)12(15)19/h3-6,16H,7-8H2,1-2H3,(H2,15,19). The monoisotopic (exact) mass is 275 g/mol. The smallest absolute Gasteiger partial charge is 0.249 e. The summed E-state index contributed by atoms with van der Waals surface area (Å²) in [6, 6.07) is 6.55. The first-order valence-corrected chi connectivity index (χ1v) is 6.30. The Balaban J connectivity index is 2.17. The van der Waals surface area contributed by atoms with E-state index >= 15 is 0 Å². The Morgan fingerprint density at radius 1 is 1.30 bits per heavy atom. The fourth-order valence-corrected chi connectivity index (χ4v) is 2.04. The normalized spacial score (nSPS) is 18.2. The number of nitrogens with one attached hydrogen (secondary N) is 1. The molecule has 2 rings (SSSR count). The van der Waals surface area contributed by atoms with Gasteiger partial charge in [0, 0.05) is 5.56 Å².